The van der Waals surface area contributed by atoms with Gasteiger partial charge in [-0.1, -0.05) is 92.2 Å². The summed E-state index contributed by atoms with van der Waals surface area (Å²) in [4.78, 5) is 54.2. The van der Waals surface area contributed by atoms with Gasteiger partial charge in [-0.15, -0.1) is 23.2 Å². The Morgan fingerprint density at radius 3 is 1.74 bits per heavy atom. The maximum absolute atomic E-state index is 14.7. The summed E-state index contributed by atoms with van der Waals surface area (Å²) in [5.74, 6) is -4.13. The van der Waals surface area contributed by atoms with Crippen LogP contribution in [0.5, 0.6) is 0 Å². The van der Waals surface area contributed by atoms with Crippen molar-refractivity contribution in [2.24, 2.45) is 11.8 Å². The molecule has 4 aromatic rings. The molecule has 1 aliphatic heterocycles. The number of likely N-dealkylation sites (tertiary alicyclic amines) is 1. The highest BCUT2D eigenvalue weighted by atomic mass is 35.5. The van der Waals surface area contributed by atoms with Crippen LogP contribution in [-0.4, -0.2) is 41.2 Å². The Morgan fingerprint density at radius 2 is 1.26 bits per heavy atom. The second-order valence-corrected chi connectivity index (χ2v) is 13.5. The minimum Gasteiger partial charge on any atom is -0.462 e. The van der Waals surface area contributed by atoms with Gasteiger partial charge in [-0.25, -0.2) is 4.79 Å². The molecule has 3 aliphatic carbocycles. The first-order valence-electron chi connectivity index (χ1n) is 15.8. The number of unbranched alkanes of at least 4 members (excludes halogenated alkanes) is 1. The normalized spacial score (nSPS) is 24.3. The standard InChI is InChI=1S/C38H32Cl2N2O5/c1-2-3-21-47-36(46)24-17-19-25(20-18-24)41-33(43)30(22-23-11-5-4-6-12-23)42-34(44)31-32(35(42)45)38(40)27-14-8-7-13-26(27)37(31,39)28-15-9-10-16-29(28)38/h4-20,30-32H,2-3,21-22H2,1H3,(H,41,43)/t30-,31-,32+,37?,38?/m0/s1. The molecule has 3 amide bonds. The number of hydrogen-bond donors (Lipinski definition) is 1. The van der Waals surface area contributed by atoms with E-state index in [1.54, 1.807) is 24.3 Å². The van der Waals surface area contributed by atoms with E-state index in [0.29, 0.717) is 40.1 Å². The van der Waals surface area contributed by atoms with E-state index >= 15 is 0 Å². The molecule has 238 valence electrons. The summed E-state index contributed by atoms with van der Waals surface area (Å²) in [6.45, 7) is 2.34. The van der Waals surface area contributed by atoms with Crippen LogP contribution >= 0.6 is 23.2 Å². The van der Waals surface area contributed by atoms with Gasteiger partial charge >= 0.3 is 5.97 Å². The van der Waals surface area contributed by atoms with E-state index in [1.165, 1.54) is 0 Å². The molecule has 3 atom stereocenters. The number of esters is 1. The number of carbonyl (C=O) groups excluding carboxylic acids is 4. The number of anilines is 1. The van der Waals surface area contributed by atoms with Gasteiger partial charge in [0.15, 0.2) is 0 Å². The Hall–Kier alpha value is -4.46. The number of rotatable bonds is 9. The van der Waals surface area contributed by atoms with Crippen LogP contribution in [0.3, 0.4) is 0 Å². The second kappa shape index (κ2) is 12.0. The lowest BCUT2D eigenvalue weighted by atomic mass is 9.54. The van der Waals surface area contributed by atoms with Crippen molar-refractivity contribution in [3.8, 4) is 0 Å². The van der Waals surface area contributed by atoms with Crippen molar-refractivity contribution in [2.45, 2.75) is 42.0 Å². The number of nitrogens with one attached hydrogen (secondary N) is 1. The van der Waals surface area contributed by atoms with E-state index < -0.39 is 51.3 Å². The Morgan fingerprint density at radius 1 is 0.766 bits per heavy atom. The molecule has 4 aliphatic rings. The average molecular weight is 668 g/mol. The fourth-order valence-electron chi connectivity index (χ4n) is 7.44. The number of benzene rings is 4. The van der Waals surface area contributed by atoms with Crippen molar-refractivity contribution in [3.05, 3.63) is 137 Å². The predicted molar refractivity (Wildman–Crippen MR) is 179 cm³/mol. The van der Waals surface area contributed by atoms with Gasteiger partial charge in [0.05, 0.1) is 24.0 Å². The van der Waals surface area contributed by atoms with Crippen LogP contribution in [0.1, 0.15) is 57.9 Å². The minimum atomic E-state index is -1.36. The molecule has 0 radical (unpaired) electrons. The van der Waals surface area contributed by atoms with Gasteiger partial charge in [0.25, 0.3) is 0 Å². The molecule has 1 N–H and O–H groups in total. The molecule has 7 nitrogen and oxygen atoms in total. The third-order valence-corrected chi connectivity index (χ3v) is 10.9. The number of hydrogen-bond acceptors (Lipinski definition) is 5. The van der Waals surface area contributed by atoms with Crippen molar-refractivity contribution in [2.75, 3.05) is 11.9 Å². The molecule has 1 saturated heterocycles. The highest BCUT2D eigenvalue weighted by Gasteiger charge is 2.73. The highest BCUT2D eigenvalue weighted by molar-refractivity contribution is 6.36. The van der Waals surface area contributed by atoms with Gasteiger partial charge in [-0.2, -0.15) is 0 Å². The Kier molecular flexibility index (Phi) is 7.93. The number of alkyl halides is 2. The lowest BCUT2D eigenvalue weighted by Gasteiger charge is -2.54. The first-order valence-corrected chi connectivity index (χ1v) is 16.5. The van der Waals surface area contributed by atoms with Crippen LogP contribution < -0.4 is 5.32 Å². The molecule has 0 spiro atoms. The summed E-state index contributed by atoms with van der Waals surface area (Å²) in [5.41, 5.74) is 4.28. The van der Waals surface area contributed by atoms with Gasteiger partial charge in [-0.3, -0.25) is 19.3 Å². The smallest absolute Gasteiger partial charge is 0.338 e. The monoisotopic (exact) mass is 666 g/mol. The lowest BCUT2D eigenvalue weighted by molar-refractivity contribution is -0.146. The highest BCUT2D eigenvalue weighted by Crippen LogP contribution is 2.69. The van der Waals surface area contributed by atoms with Crippen molar-refractivity contribution in [1.29, 1.82) is 0 Å². The van der Waals surface area contributed by atoms with Crippen LogP contribution in [0.25, 0.3) is 0 Å². The Bertz CT molecular complexity index is 1770. The quantitative estimate of drug-likeness (QED) is 0.0920. The molecule has 8 rings (SSSR count). The molecule has 4 aromatic carbocycles. The minimum absolute atomic E-state index is 0.0793. The summed E-state index contributed by atoms with van der Waals surface area (Å²) in [5, 5.41) is 2.87. The maximum Gasteiger partial charge on any atom is 0.338 e. The van der Waals surface area contributed by atoms with Crippen molar-refractivity contribution < 1.29 is 23.9 Å². The summed E-state index contributed by atoms with van der Waals surface area (Å²) in [6, 6.07) is 29.2. The summed E-state index contributed by atoms with van der Waals surface area (Å²) < 4.78 is 5.29. The molecular formula is C38H32Cl2N2O5. The number of nitrogens with zero attached hydrogens (tertiary/aromatic N) is 1. The largest absolute Gasteiger partial charge is 0.462 e. The third-order valence-electron chi connectivity index (χ3n) is 9.62. The van der Waals surface area contributed by atoms with Crippen molar-refractivity contribution in [1.82, 2.24) is 4.90 Å². The number of imide groups is 1. The van der Waals surface area contributed by atoms with Gasteiger partial charge < -0.3 is 10.1 Å². The first kappa shape index (κ1) is 31.2. The average Bonchev–Trinajstić information content (AvgIpc) is 3.37. The molecule has 1 fully saturated rings. The predicted octanol–water partition coefficient (Wildman–Crippen LogP) is 6.79. The first-order chi connectivity index (χ1) is 22.7. The molecule has 47 heavy (non-hydrogen) atoms. The Balaban J connectivity index is 1.25. The number of halogens is 2. The fraction of sp³-hybridized carbons (Fsp3) is 0.263. The van der Waals surface area contributed by atoms with E-state index in [-0.39, 0.29) is 6.42 Å². The Labute approximate surface area is 282 Å². The number of carbonyl (C=O) groups is 4. The van der Waals surface area contributed by atoms with Crippen LogP contribution in [-0.2, 0) is 35.3 Å². The molecule has 9 heteroatoms. The van der Waals surface area contributed by atoms with Gasteiger partial charge in [0, 0.05) is 12.1 Å². The number of amides is 3. The lowest BCUT2D eigenvalue weighted by Crippen LogP contribution is -2.57. The zero-order chi connectivity index (χ0) is 32.9. The molecule has 1 heterocycles. The fourth-order valence-corrected chi connectivity index (χ4v) is 8.54. The number of ether oxygens (including phenoxy) is 1. The van der Waals surface area contributed by atoms with Crippen LogP contribution in [0.15, 0.2) is 103 Å². The SMILES string of the molecule is CCCCOC(=O)c1ccc(NC(=O)[C@H](Cc2ccccc2)N2C(=O)[C@@H]3[C@H](C2=O)C2(Cl)c4ccccc4C3(Cl)c3ccccc32)cc1. The second-order valence-electron chi connectivity index (χ2n) is 12.3. The van der Waals surface area contributed by atoms with E-state index in [9.17, 15) is 19.2 Å². The van der Waals surface area contributed by atoms with Crippen molar-refractivity contribution >= 4 is 52.6 Å². The zero-order valence-corrected chi connectivity index (χ0v) is 27.1. The third kappa shape index (κ3) is 4.78. The van der Waals surface area contributed by atoms with E-state index in [0.717, 1.165) is 23.3 Å². The molecular weight excluding hydrogens is 635 g/mol. The van der Waals surface area contributed by atoms with Gasteiger partial charge in [0.2, 0.25) is 17.7 Å². The molecule has 0 unspecified atom stereocenters. The van der Waals surface area contributed by atoms with E-state index in [4.69, 9.17) is 27.9 Å². The molecule has 0 aromatic heterocycles. The summed E-state index contributed by atoms with van der Waals surface area (Å²) in [6.07, 6.45) is 1.76. The van der Waals surface area contributed by atoms with Crippen LogP contribution in [0.4, 0.5) is 5.69 Å². The van der Waals surface area contributed by atoms with Crippen LogP contribution in [0.2, 0.25) is 0 Å². The van der Waals surface area contributed by atoms with E-state index in [2.05, 4.69) is 5.32 Å². The van der Waals surface area contributed by atoms with E-state index in [1.807, 2.05) is 85.8 Å². The maximum atomic E-state index is 14.7. The van der Waals surface area contributed by atoms with Gasteiger partial charge in [0.1, 0.15) is 15.8 Å². The van der Waals surface area contributed by atoms with Gasteiger partial charge in [-0.05, 0) is 58.5 Å². The zero-order valence-electron chi connectivity index (χ0n) is 25.6. The van der Waals surface area contributed by atoms with Crippen LogP contribution in [0, 0.1) is 11.8 Å². The summed E-state index contributed by atoms with van der Waals surface area (Å²) >= 11 is 15.2. The summed E-state index contributed by atoms with van der Waals surface area (Å²) in [7, 11) is 0. The van der Waals surface area contributed by atoms with Crippen molar-refractivity contribution in [3.63, 3.8) is 0 Å². The molecule has 2 bridgehead atoms. The molecule has 0 saturated carbocycles. The topological polar surface area (TPSA) is 92.8 Å².